The van der Waals surface area contributed by atoms with E-state index in [-0.39, 0.29) is 23.6 Å². The Morgan fingerprint density at radius 2 is 2.13 bits per heavy atom. The van der Waals surface area contributed by atoms with Gasteiger partial charge in [0.05, 0.1) is 19.3 Å². The summed E-state index contributed by atoms with van der Waals surface area (Å²) in [7, 11) is 0. The summed E-state index contributed by atoms with van der Waals surface area (Å²) in [6, 6.07) is 4.67. The minimum atomic E-state index is -0.844. The van der Waals surface area contributed by atoms with Gasteiger partial charge in [-0.25, -0.2) is 14.1 Å². The summed E-state index contributed by atoms with van der Waals surface area (Å²) in [6.07, 6.45) is 8.92. The quantitative estimate of drug-likeness (QED) is 0.448. The van der Waals surface area contributed by atoms with Gasteiger partial charge in [0.2, 0.25) is 0 Å². The van der Waals surface area contributed by atoms with E-state index in [0.29, 0.717) is 31.3 Å². The van der Waals surface area contributed by atoms with Gasteiger partial charge in [0.1, 0.15) is 12.1 Å². The molecule has 0 aromatic carbocycles. The lowest BCUT2D eigenvalue weighted by Gasteiger charge is -2.21. The van der Waals surface area contributed by atoms with Crippen LogP contribution >= 0.6 is 0 Å². The molecule has 0 bridgehead atoms. The lowest BCUT2D eigenvalue weighted by Crippen LogP contribution is -2.36. The van der Waals surface area contributed by atoms with Crippen molar-refractivity contribution in [2.75, 3.05) is 11.9 Å². The van der Waals surface area contributed by atoms with Gasteiger partial charge >= 0.3 is 0 Å². The fourth-order valence-corrected chi connectivity index (χ4v) is 4.93. The molecule has 1 N–H and O–H groups in total. The molecule has 0 radical (unpaired) electrons. The number of aromatic nitrogens is 5. The van der Waals surface area contributed by atoms with Gasteiger partial charge in [0, 0.05) is 24.5 Å². The molecule has 4 heterocycles. The molecule has 1 saturated carbocycles. The number of pyridine rings is 1. The van der Waals surface area contributed by atoms with Crippen molar-refractivity contribution in [2.45, 2.75) is 70.4 Å². The second kappa shape index (κ2) is 11.0. The predicted octanol–water partition coefficient (Wildman–Crippen LogP) is 3.68. The summed E-state index contributed by atoms with van der Waals surface area (Å²) in [6.45, 7) is 4.65. The second-order valence-corrected chi connectivity index (χ2v) is 10.1. The van der Waals surface area contributed by atoms with Crippen LogP contribution in [-0.4, -0.2) is 49.0 Å². The fourth-order valence-electron chi connectivity index (χ4n) is 4.93. The Hall–Kier alpha value is -3.64. The van der Waals surface area contributed by atoms with Gasteiger partial charge in [0.25, 0.3) is 17.3 Å². The van der Waals surface area contributed by atoms with Crippen molar-refractivity contribution in [3.63, 3.8) is 0 Å². The maximum atomic E-state index is 13.9. The minimum absolute atomic E-state index is 0.0314. The lowest BCUT2D eigenvalue weighted by atomic mass is 9.98. The van der Waals surface area contributed by atoms with E-state index in [1.165, 1.54) is 30.6 Å². The second-order valence-electron chi connectivity index (χ2n) is 10.1. The third kappa shape index (κ3) is 6.25. The molecule has 5 rings (SSSR count). The van der Waals surface area contributed by atoms with Crippen LogP contribution in [0.4, 0.5) is 10.2 Å². The number of hydrogen-bond acceptors (Lipinski definition) is 8. The monoisotopic (exact) mass is 526 g/mol. The molecule has 0 spiro atoms. The van der Waals surface area contributed by atoms with Crippen LogP contribution in [0, 0.1) is 11.7 Å². The first kappa shape index (κ1) is 26.0. The summed E-state index contributed by atoms with van der Waals surface area (Å²) in [5, 5.41) is 11.5. The Morgan fingerprint density at radius 3 is 2.84 bits per heavy atom. The van der Waals surface area contributed by atoms with E-state index in [1.807, 2.05) is 13.8 Å². The van der Waals surface area contributed by atoms with Crippen LogP contribution in [0.1, 0.15) is 52.0 Å². The van der Waals surface area contributed by atoms with E-state index in [2.05, 4.69) is 20.5 Å². The molecule has 3 aromatic rings. The number of carbonyl (C=O) groups is 1. The number of amides is 1. The SMILES string of the molecule is CC1(C)OC[C@@H](Cn2ccc(NC(=O)C(CC3CCCC3)n3ncc(Oc4ncccc4F)cc3=O)n2)O1. The third-order valence-electron chi connectivity index (χ3n) is 6.72. The van der Waals surface area contributed by atoms with E-state index < -0.39 is 23.2 Å². The Morgan fingerprint density at radius 1 is 1.32 bits per heavy atom. The van der Waals surface area contributed by atoms with Crippen LogP contribution in [-0.2, 0) is 20.8 Å². The smallest absolute Gasteiger partial charge is 0.271 e. The summed E-state index contributed by atoms with van der Waals surface area (Å²) in [4.78, 5) is 30.3. The number of anilines is 1. The molecule has 1 amide bonds. The van der Waals surface area contributed by atoms with Crippen molar-refractivity contribution in [1.29, 1.82) is 0 Å². The minimum Gasteiger partial charge on any atom is -0.435 e. The number of nitrogens with zero attached hydrogens (tertiary/aromatic N) is 5. The summed E-state index contributed by atoms with van der Waals surface area (Å²) in [5.41, 5.74) is -0.538. The average molecular weight is 527 g/mol. The maximum Gasteiger partial charge on any atom is 0.271 e. The highest BCUT2D eigenvalue weighted by atomic mass is 19.1. The van der Waals surface area contributed by atoms with Crippen LogP contribution in [0.2, 0.25) is 0 Å². The number of carbonyl (C=O) groups excluding carboxylic acids is 1. The van der Waals surface area contributed by atoms with E-state index in [1.54, 1.807) is 16.9 Å². The van der Waals surface area contributed by atoms with Crippen molar-refractivity contribution in [3.8, 4) is 11.6 Å². The molecule has 2 atom stereocenters. The highest BCUT2D eigenvalue weighted by Crippen LogP contribution is 2.32. The molecule has 1 saturated heterocycles. The molecule has 202 valence electrons. The highest BCUT2D eigenvalue weighted by molar-refractivity contribution is 5.92. The molecular weight excluding hydrogens is 495 g/mol. The summed E-state index contributed by atoms with van der Waals surface area (Å²) in [5.74, 6) is -1.24. The molecule has 1 aliphatic heterocycles. The van der Waals surface area contributed by atoms with Crippen molar-refractivity contribution >= 4 is 11.7 Å². The lowest BCUT2D eigenvalue weighted by molar-refractivity contribution is -0.139. The maximum absolute atomic E-state index is 13.9. The zero-order valence-corrected chi connectivity index (χ0v) is 21.4. The summed E-state index contributed by atoms with van der Waals surface area (Å²) < 4.78 is 33.6. The van der Waals surface area contributed by atoms with Gasteiger partial charge in [0.15, 0.2) is 23.2 Å². The largest absolute Gasteiger partial charge is 0.435 e. The zero-order chi connectivity index (χ0) is 26.7. The van der Waals surface area contributed by atoms with E-state index >= 15 is 0 Å². The number of ether oxygens (including phenoxy) is 3. The molecule has 1 unspecified atom stereocenters. The van der Waals surface area contributed by atoms with Crippen molar-refractivity contribution in [3.05, 3.63) is 59.0 Å². The average Bonchev–Trinajstić information content (AvgIpc) is 3.62. The molecular formula is C26H31FN6O5. The van der Waals surface area contributed by atoms with Crippen LogP contribution < -0.4 is 15.6 Å². The van der Waals surface area contributed by atoms with E-state index in [4.69, 9.17) is 14.2 Å². The number of hydrogen-bond donors (Lipinski definition) is 1. The standard InChI is InChI=1S/C26H31FN6O5/c1-26(2)36-16-19(38-26)15-32-11-9-22(31-32)30-24(35)21(12-17-6-3-4-7-17)33-23(34)13-18(14-29-33)37-25-20(27)8-5-10-28-25/h5,8-11,13-14,17,19,21H,3-4,6-7,12,15-16H2,1-2H3,(H,30,31,35)/t19-,21?/m1/s1. The Kier molecular flexibility index (Phi) is 7.52. The molecule has 11 nitrogen and oxygen atoms in total. The van der Waals surface area contributed by atoms with E-state index in [9.17, 15) is 14.0 Å². The van der Waals surface area contributed by atoms with Crippen LogP contribution in [0.5, 0.6) is 11.6 Å². The van der Waals surface area contributed by atoms with Gasteiger partial charge in [-0.1, -0.05) is 25.7 Å². The van der Waals surface area contributed by atoms with Gasteiger partial charge in [-0.05, 0) is 38.3 Å². The first-order valence-corrected chi connectivity index (χ1v) is 12.8. The first-order valence-electron chi connectivity index (χ1n) is 12.8. The van der Waals surface area contributed by atoms with Gasteiger partial charge in [-0.15, -0.1) is 0 Å². The summed E-state index contributed by atoms with van der Waals surface area (Å²) >= 11 is 0. The highest BCUT2D eigenvalue weighted by Gasteiger charge is 2.33. The number of nitrogens with one attached hydrogen (secondary N) is 1. The van der Waals surface area contributed by atoms with Gasteiger partial charge in [-0.2, -0.15) is 10.2 Å². The molecule has 1 aliphatic carbocycles. The van der Waals surface area contributed by atoms with Crippen molar-refractivity contribution < 1.29 is 23.4 Å². The third-order valence-corrected chi connectivity index (χ3v) is 6.72. The molecule has 12 heteroatoms. The normalized spacial score (nSPS) is 19.9. The zero-order valence-electron chi connectivity index (χ0n) is 21.4. The molecule has 3 aromatic heterocycles. The van der Waals surface area contributed by atoms with Crippen LogP contribution in [0.25, 0.3) is 0 Å². The van der Waals surface area contributed by atoms with E-state index in [0.717, 1.165) is 30.4 Å². The van der Waals surface area contributed by atoms with Crippen LogP contribution in [0.3, 0.4) is 0 Å². The molecule has 2 fully saturated rings. The number of halogens is 1. The van der Waals surface area contributed by atoms with Crippen LogP contribution in [0.15, 0.2) is 47.7 Å². The topological polar surface area (TPSA) is 122 Å². The molecule has 38 heavy (non-hydrogen) atoms. The molecule has 2 aliphatic rings. The van der Waals surface area contributed by atoms with Crippen molar-refractivity contribution in [1.82, 2.24) is 24.5 Å². The fraction of sp³-hybridized carbons (Fsp3) is 0.500. The Balaban J connectivity index is 1.30. The first-order chi connectivity index (χ1) is 18.3. The van der Waals surface area contributed by atoms with Gasteiger partial charge in [-0.3, -0.25) is 14.3 Å². The number of rotatable bonds is 9. The van der Waals surface area contributed by atoms with Crippen molar-refractivity contribution in [2.24, 2.45) is 5.92 Å². The van der Waals surface area contributed by atoms with Gasteiger partial charge < -0.3 is 19.5 Å². The predicted molar refractivity (Wildman–Crippen MR) is 134 cm³/mol. The Labute approximate surface area is 218 Å². The Bertz CT molecular complexity index is 1340.